The Hall–Kier alpha value is -1.42. The van der Waals surface area contributed by atoms with E-state index in [4.69, 9.17) is 0 Å². The van der Waals surface area contributed by atoms with Gasteiger partial charge in [0.1, 0.15) is 0 Å². The predicted molar refractivity (Wildman–Crippen MR) is 80.2 cm³/mol. The summed E-state index contributed by atoms with van der Waals surface area (Å²) in [6.07, 6.45) is 6.76. The van der Waals surface area contributed by atoms with Crippen molar-refractivity contribution in [2.24, 2.45) is 5.92 Å². The molecule has 0 aromatic carbocycles. The Morgan fingerprint density at radius 2 is 2.40 bits per heavy atom. The molecule has 4 nitrogen and oxygen atoms in total. The van der Waals surface area contributed by atoms with Crippen LogP contribution in [0, 0.1) is 5.92 Å². The number of nitrogens with zero attached hydrogens (tertiary/aromatic N) is 3. The van der Waals surface area contributed by atoms with Gasteiger partial charge in [-0.25, -0.2) is 0 Å². The third-order valence-electron chi connectivity index (χ3n) is 3.88. The van der Waals surface area contributed by atoms with Crippen LogP contribution in [-0.2, 0) is 11.3 Å². The molecule has 110 valence electrons. The summed E-state index contributed by atoms with van der Waals surface area (Å²) in [6.45, 7) is 5.64. The molecular formula is C16H25N3O. The van der Waals surface area contributed by atoms with Gasteiger partial charge in [0.15, 0.2) is 0 Å². The number of pyridine rings is 1. The van der Waals surface area contributed by atoms with E-state index < -0.39 is 0 Å². The van der Waals surface area contributed by atoms with E-state index in [-0.39, 0.29) is 5.92 Å². The number of hydrogen-bond donors (Lipinski definition) is 0. The lowest BCUT2D eigenvalue weighted by Crippen LogP contribution is -2.43. The Bertz CT molecular complexity index is 421. The van der Waals surface area contributed by atoms with Crippen molar-refractivity contribution in [2.45, 2.75) is 32.7 Å². The molecule has 0 N–H and O–H groups in total. The minimum absolute atomic E-state index is 0.164. The molecule has 2 rings (SSSR count). The molecule has 1 unspecified atom stereocenters. The van der Waals surface area contributed by atoms with Gasteiger partial charge in [-0.15, -0.1) is 0 Å². The van der Waals surface area contributed by atoms with E-state index in [0.29, 0.717) is 12.5 Å². The van der Waals surface area contributed by atoms with Crippen LogP contribution in [0.3, 0.4) is 0 Å². The van der Waals surface area contributed by atoms with Gasteiger partial charge in [-0.05, 0) is 44.5 Å². The SMILES string of the molecule is CCCN(Cc1cccnc1)C(=O)C1CCCN(C)C1. The Balaban J connectivity index is 2.01. The van der Waals surface area contributed by atoms with Crippen molar-refractivity contribution in [3.05, 3.63) is 30.1 Å². The molecule has 1 aromatic rings. The molecule has 1 amide bonds. The Kier molecular flexibility index (Phi) is 5.53. The van der Waals surface area contributed by atoms with Gasteiger partial charge in [0.2, 0.25) is 5.91 Å². The molecule has 1 aliphatic heterocycles. The van der Waals surface area contributed by atoms with Crippen LogP contribution < -0.4 is 0 Å². The first-order chi connectivity index (χ1) is 9.70. The summed E-state index contributed by atoms with van der Waals surface area (Å²) in [6, 6.07) is 3.97. The number of rotatable bonds is 5. The van der Waals surface area contributed by atoms with Gasteiger partial charge in [-0.2, -0.15) is 0 Å². The fraction of sp³-hybridized carbons (Fsp3) is 0.625. The summed E-state index contributed by atoms with van der Waals surface area (Å²) >= 11 is 0. The minimum Gasteiger partial charge on any atom is -0.338 e. The highest BCUT2D eigenvalue weighted by Crippen LogP contribution is 2.19. The molecule has 0 saturated carbocycles. The minimum atomic E-state index is 0.164. The van der Waals surface area contributed by atoms with Gasteiger partial charge >= 0.3 is 0 Å². The fourth-order valence-electron chi connectivity index (χ4n) is 2.88. The first-order valence-electron chi connectivity index (χ1n) is 7.57. The maximum absolute atomic E-state index is 12.7. The van der Waals surface area contributed by atoms with E-state index >= 15 is 0 Å². The number of carbonyl (C=O) groups excluding carboxylic acids is 1. The van der Waals surface area contributed by atoms with Crippen LogP contribution >= 0.6 is 0 Å². The second-order valence-electron chi connectivity index (χ2n) is 5.72. The van der Waals surface area contributed by atoms with Crippen molar-refractivity contribution in [3.8, 4) is 0 Å². The summed E-state index contributed by atoms with van der Waals surface area (Å²) in [5.74, 6) is 0.472. The van der Waals surface area contributed by atoms with Crippen molar-refractivity contribution in [1.29, 1.82) is 0 Å². The molecule has 20 heavy (non-hydrogen) atoms. The zero-order valence-corrected chi connectivity index (χ0v) is 12.6. The summed E-state index contributed by atoms with van der Waals surface area (Å²) in [5, 5.41) is 0. The molecule has 4 heteroatoms. The zero-order valence-electron chi connectivity index (χ0n) is 12.6. The van der Waals surface area contributed by atoms with Crippen LogP contribution in [0.5, 0.6) is 0 Å². The first kappa shape index (κ1) is 15.0. The van der Waals surface area contributed by atoms with Crippen LogP contribution in [0.1, 0.15) is 31.7 Å². The smallest absolute Gasteiger partial charge is 0.227 e. The molecule has 0 aliphatic carbocycles. The molecule has 1 saturated heterocycles. The lowest BCUT2D eigenvalue weighted by atomic mass is 9.96. The summed E-state index contributed by atoms with van der Waals surface area (Å²) in [4.78, 5) is 21.1. The van der Waals surface area contributed by atoms with Gasteiger partial charge < -0.3 is 9.80 Å². The number of likely N-dealkylation sites (tertiary alicyclic amines) is 1. The summed E-state index contributed by atoms with van der Waals surface area (Å²) < 4.78 is 0. The number of amides is 1. The Morgan fingerprint density at radius 1 is 1.55 bits per heavy atom. The third-order valence-corrected chi connectivity index (χ3v) is 3.88. The summed E-state index contributed by atoms with van der Waals surface area (Å²) in [5.41, 5.74) is 1.11. The molecule has 0 radical (unpaired) electrons. The maximum atomic E-state index is 12.7. The zero-order chi connectivity index (χ0) is 14.4. The van der Waals surface area contributed by atoms with Crippen LogP contribution in [-0.4, -0.2) is 47.4 Å². The van der Waals surface area contributed by atoms with Gasteiger partial charge in [-0.3, -0.25) is 9.78 Å². The average Bonchev–Trinajstić information content (AvgIpc) is 2.47. The van der Waals surface area contributed by atoms with Crippen molar-refractivity contribution < 1.29 is 4.79 Å². The van der Waals surface area contributed by atoms with Gasteiger partial charge in [-0.1, -0.05) is 13.0 Å². The van der Waals surface area contributed by atoms with Crippen molar-refractivity contribution in [2.75, 3.05) is 26.7 Å². The van der Waals surface area contributed by atoms with Gasteiger partial charge in [0.05, 0.1) is 5.92 Å². The highest BCUT2D eigenvalue weighted by molar-refractivity contribution is 5.79. The monoisotopic (exact) mass is 275 g/mol. The standard InChI is InChI=1S/C16H25N3O/c1-3-9-19(12-14-6-4-8-17-11-14)16(20)15-7-5-10-18(2)13-15/h4,6,8,11,15H,3,5,7,9-10,12-13H2,1-2H3. The number of aromatic nitrogens is 1. The fourth-order valence-corrected chi connectivity index (χ4v) is 2.88. The predicted octanol–water partition coefficient (Wildman–Crippen LogP) is 2.16. The van der Waals surface area contributed by atoms with Crippen LogP contribution in [0.4, 0.5) is 0 Å². The molecule has 1 aliphatic rings. The molecule has 2 heterocycles. The van der Waals surface area contributed by atoms with E-state index in [1.807, 2.05) is 23.2 Å². The van der Waals surface area contributed by atoms with Crippen LogP contribution in [0.2, 0.25) is 0 Å². The quantitative estimate of drug-likeness (QED) is 0.826. The van der Waals surface area contributed by atoms with Crippen molar-refractivity contribution in [1.82, 2.24) is 14.8 Å². The lowest BCUT2D eigenvalue weighted by Gasteiger charge is -2.33. The molecule has 1 atom stereocenters. The van der Waals surface area contributed by atoms with E-state index in [1.54, 1.807) is 6.20 Å². The second-order valence-corrected chi connectivity index (χ2v) is 5.72. The highest BCUT2D eigenvalue weighted by atomic mass is 16.2. The van der Waals surface area contributed by atoms with Crippen molar-refractivity contribution >= 4 is 5.91 Å². The second kappa shape index (κ2) is 7.39. The Labute approximate surface area is 121 Å². The lowest BCUT2D eigenvalue weighted by molar-refractivity contribution is -0.137. The first-order valence-corrected chi connectivity index (χ1v) is 7.57. The van der Waals surface area contributed by atoms with E-state index in [1.165, 1.54) is 0 Å². The van der Waals surface area contributed by atoms with Crippen LogP contribution in [0.25, 0.3) is 0 Å². The average molecular weight is 275 g/mol. The van der Waals surface area contributed by atoms with Crippen LogP contribution in [0.15, 0.2) is 24.5 Å². The van der Waals surface area contributed by atoms with Gasteiger partial charge in [0.25, 0.3) is 0 Å². The molecule has 1 fully saturated rings. The number of hydrogen-bond acceptors (Lipinski definition) is 3. The molecule has 0 bridgehead atoms. The van der Waals surface area contributed by atoms with Crippen molar-refractivity contribution in [3.63, 3.8) is 0 Å². The third kappa shape index (κ3) is 4.04. The maximum Gasteiger partial charge on any atom is 0.227 e. The number of piperidine rings is 1. The normalized spacial score (nSPS) is 19.8. The molecule has 0 spiro atoms. The van der Waals surface area contributed by atoms with E-state index in [0.717, 1.165) is 44.5 Å². The largest absolute Gasteiger partial charge is 0.338 e. The highest BCUT2D eigenvalue weighted by Gasteiger charge is 2.27. The molecule has 1 aromatic heterocycles. The molecular weight excluding hydrogens is 250 g/mol. The Morgan fingerprint density at radius 3 is 3.05 bits per heavy atom. The topological polar surface area (TPSA) is 36.4 Å². The van der Waals surface area contributed by atoms with E-state index in [2.05, 4.69) is 23.9 Å². The number of carbonyl (C=O) groups is 1. The van der Waals surface area contributed by atoms with E-state index in [9.17, 15) is 4.79 Å². The summed E-state index contributed by atoms with van der Waals surface area (Å²) in [7, 11) is 2.10. The van der Waals surface area contributed by atoms with Gasteiger partial charge in [0, 0.05) is 32.0 Å².